The van der Waals surface area contributed by atoms with Crippen LogP contribution in [-0.4, -0.2) is 27.8 Å². The maximum Gasteiger partial charge on any atom is 0.277 e. The molecular weight excluding hydrogens is 364 g/mol. The Labute approximate surface area is 168 Å². The zero-order valence-corrected chi connectivity index (χ0v) is 15.9. The maximum absolute atomic E-state index is 12.1. The number of nitrogens with one attached hydrogen (secondary N) is 1. The molecule has 4 rings (SSSR count). The second kappa shape index (κ2) is 8.39. The van der Waals surface area contributed by atoms with Crippen LogP contribution in [0.4, 0.5) is 0 Å². The number of aromatic nitrogens is 2. The van der Waals surface area contributed by atoms with Crippen molar-refractivity contribution < 1.29 is 9.53 Å². The monoisotopic (exact) mass is 384 g/mol. The summed E-state index contributed by atoms with van der Waals surface area (Å²) < 4.78 is 7.50. The average molecular weight is 384 g/mol. The number of hydrazone groups is 1. The van der Waals surface area contributed by atoms with Gasteiger partial charge in [-0.15, -0.1) is 0 Å². The molecule has 0 saturated carbocycles. The highest BCUT2D eigenvalue weighted by Gasteiger charge is 2.04. The molecule has 0 aliphatic heterocycles. The molecule has 0 radical (unpaired) electrons. The fourth-order valence-corrected chi connectivity index (χ4v) is 2.94. The van der Waals surface area contributed by atoms with Crippen molar-refractivity contribution in [2.75, 3.05) is 6.61 Å². The van der Waals surface area contributed by atoms with Crippen LogP contribution in [0.5, 0.6) is 5.75 Å². The smallest absolute Gasteiger partial charge is 0.277 e. The molecule has 29 heavy (non-hydrogen) atoms. The van der Waals surface area contributed by atoms with E-state index in [0.29, 0.717) is 11.5 Å². The average Bonchev–Trinajstić information content (AvgIpc) is 3.31. The zero-order chi connectivity index (χ0) is 20.1. The third-order valence-electron chi connectivity index (χ3n) is 4.53. The predicted molar refractivity (Wildman–Crippen MR) is 113 cm³/mol. The minimum absolute atomic E-state index is 0.102. The van der Waals surface area contributed by atoms with E-state index in [2.05, 4.69) is 15.5 Å². The molecule has 3 aromatic carbocycles. The van der Waals surface area contributed by atoms with Gasteiger partial charge in [-0.1, -0.05) is 42.5 Å². The topological polar surface area (TPSA) is 68.5 Å². The van der Waals surface area contributed by atoms with Gasteiger partial charge in [0.15, 0.2) is 6.61 Å². The van der Waals surface area contributed by atoms with Gasteiger partial charge >= 0.3 is 0 Å². The molecule has 0 spiro atoms. The van der Waals surface area contributed by atoms with Crippen molar-refractivity contribution in [1.82, 2.24) is 15.0 Å². The fourth-order valence-electron chi connectivity index (χ4n) is 2.94. The van der Waals surface area contributed by atoms with Gasteiger partial charge < -0.3 is 9.30 Å². The van der Waals surface area contributed by atoms with Gasteiger partial charge in [0.1, 0.15) is 5.75 Å². The Kier molecular flexibility index (Phi) is 5.33. The Morgan fingerprint density at radius 2 is 1.86 bits per heavy atom. The largest absolute Gasteiger partial charge is 0.484 e. The normalized spacial score (nSPS) is 11.4. The highest BCUT2D eigenvalue weighted by molar-refractivity contribution is 5.99. The van der Waals surface area contributed by atoms with Crippen molar-refractivity contribution in [2.24, 2.45) is 5.10 Å². The number of ether oxygens (including phenoxy) is 1. The summed E-state index contributed by atoms with van der Waals surface area (Å²) in [6.45, 7) is 1.74. The van der Waals surface area contributed by atoms with E-state index in [1.807, 2.05) is 84.4 Å². The summed E-state index contributed by atoms with van der Waals surface area (Å²) in [6, 6.07) is 21.6. The molecule has 0 saturated heterocycles. The second-order valence-electron chi connectivity index (χ2n) is 6.55. The minimum Gasteiger partial charge on any atom is -0.484 e. The number of rotatable bonds is 6. The predicted octanol–water partition coefficient (Wildman–Crippen LogP) is 3.94. The summed E-state index contributed by atoms with van der Waals surface area (Å²) in [5.74, 6) is 0.335. The molecule has 0 atom stereocenters. The molecule has 0 bridgehead atoms. The van der Waals surface area contributed by atoms with Crippen molar-refractivity contribution in [3.8, 4) is 11.4 Å². The van der Waals surface area contributed by atoms with Crippen LogP contribution in [0.2, 0.25) is 0 Å². The van der Waals surface area contributed by atoms with Crippen LogP contribution in [0.25, 0.3) is 16.5 Å². The van der Waals surface area contributed by atoms with Gasteiger partial charge in [0, 0.05) is 18.1 Å². The molecule has 1 N–H and O–H groups in total. The quantitative estimate of drug-likeness (QED) is 0.404. The summed E-state index contributed by atoms with van der Waals surface area (Å²) in [5, 5.41) is 6.36. The van der Waals surface area contributed by atoms with Gasteiger partial charge in [-0.3, -0.25) is 4.79 Å². The number of hydrogen-bond acceptors (Lipinski definition) is 4. The van der Waals surface area contributed by atoms with E-state index in [1.165, 1.54) is 0 Å². The third-order valence-corrected chi connectivity index (χ3v) is 4.53. The van der Waals surface area contributed by atoms with E-state index in [1.54, 1.807) is 12.5 Å². The summed E-state index contributed by atoms with van der Waals surface area (Å²) in [7, 11) is 0. The lowest BCUT2D eigenvalue weighted by Crippen LogP contribution is -2.25. The van der Waals surface area contributed by atoms with Crippen molar-refractivity contribution >= 4 is 22.4 Å². The summed E-state index contributed by atoms with van der Waals surface area (Å²) in [6.07, 6.45) is 5.35. The number of imidazole rings is 1. The molecule has 6 nitrogen and oxygen atoms in total. The van der Waals surface area contributed by atoms with Gasteiger partial charge in [-0.05, 0) is 47.5 Å². The van der Waals surface area contributed by atoms with Crippen LogP contribution in [0.1, 0.15) is 12.5 Å². The van der Waals surface area contributed by atoms with E-state index in [0.717, 1.165) is 22.0 Å². The molecule has 4 aromatic rings. The van der Waals surface area contributed by atoms with E-state index in [4.69, 9.17) is 4.74 Å². The number of fused-ring (bicyclic) bond motifs is 1. The zero-order valence-electron chi connectivity index (χ0n) is 15.9. The van der Waals surface area contributed by atoms with Gasteiger partial charge in [0.05, 0.1) is 12.0 Å². The van der Waals surface area contributed by atoms with Crippen molar-refractivity contribution in [3.05, 3.63) is 91.0 Å². The van der Waals surface area contributed by atoms with E-state index in [-0.39, 0.29) is 12.5 Å². The number of hydrogen-bond donors (Lipinski definition) is 1. The van der Waals surface area contributed by atoms with Crippen LogP contribution in [-0.2, 0) is 4.79 Å². The molecule has 1 aromatic heterocycles. The van der Waals surface area contributed by atoms with Gasteiger partial charge in [-0.25, -0.2) is 10.4 Å². The minimum atomic E-state index is -0.312. The lowest BCUT2D eigenvalue weighted by Gasteiger charge is -2.07. The second-order valence-corrected chi connectivity index (χ2v) is 6.55. The van der Waals surface area contributed by atoms with E-state index in [9.17, 15) is 4.79 Å². The SMILES string of the molecule is C/C(=N\NC(=O)COc1ccc2ccccc2c1)c1ccc(-n2ccnc2)cc1. The Morgan fingerprint density at radius 3 is 2.62 bits per heavy atom. The first-order chi connectivity index (χ1) is 14.2. The Bertz CT molecular complexity index is 1150. The fraction of sp³-hybridized carbons (Fsp3) is 0.0870. The number of benzene rings is 3. The third kappa shape index (κ3) is 4.50. The van der Waals surface area contributed by atoms with Crippen molar-refractivity contribution in [3.63, 3.8) is 0 Å². The molecule has 0 unspecified atom stereocenters. The van der Waals surface area contributed by atoms with Gasteiger partial charge in [0.2, 0.25) is 0 Å². The lowest BCUT2D eigenvalue weighted by atomic mass is 10.1. The van der Waals surface area contributed by atoms with Crippen molar-refractivity contribution in [1.29, 1.82) is 0 Å². The Morgan fingerprint density at radius 1 is 1.07 bits per heavy atom. The Hall–Kier alpha value is -3.93. The maximum atomic E-state index is 12.1. The highest BCUT2D eigenvalue weighted by atomic mass is 16.5. The van der Waals surface area contributed by atoms with E-state index >= 15 is 0 Å². The van der Waals surface area contributed by atoms with Crippen molar-refractivity contribution in [2.45, 2.75) is 6.92 Å². The molecule has 0 aliphatic rings. The summed E-state index contributed by atoms with van der Waals surface area (Å²) in [5.41, 5.74) is 5.18. The number of nitrogens with zero attached hydrogens (tertiary/aromatic N) is 3. The first-order valence-electron chi connectivity index (χ1n) is 9.22. The molecule has 6 heteroatoms. The summed E-state index contributed by atoms with van der Waals surface area (Å²) in [4.78, 5) is 16.1. The van der Waals surface area contributed by atoms with Crippen LogP contribution in [0, 0.1) is 0 Å². The van der Waals surface area contributed by atoms with E-state index < -0.39 is 0 Å². The van der Waals surface area contributed by atoms with Crippen LogP contribution in [0.3, 0.4) is 0 Å². The molecule has 144 valence electrons. The number of amides is 1. The van der Waals surface area contributed by atoms with Crippen LogP contribution < -0.4 is 10.2 Å². The molecule has 0 aliphatic carbocycles. The van der Waals surface area contributed by atoms with Crippen LogP contribution >= 0.6 is 0 Å². The number of carbonyl (C=O) groups is 1. The Balaban J connectivity index is 1.33. The van der Waals surface area contributed by atoms with Gasteiger partial charge in [0.25, 0.3) is 5.91 Å². The van der Waals surface area contributed by atoms with Crippen LogP contribution in [0.15, 0.2) is 90.6 Å². The highest BCUT2D eigenvalue weighted by Crippen LogP contribution is 2.20. The summed E-state index contributed by atoms with van der Waals surface area (Å²) >= 11 is 0. The molecule has 1 heterocycles. The number of carbonyl (C=O) groups excluding carboxylic acids is 1. The molecule has 1 amide bonds. The standard InChI is InChI=1S/C23H20N4O2/c1-17(18-6-9-21(10-7-18)27-13-12-24-16-27)25-26-23(28)15-29-22-11-8-19-4-2-3-5-20(19)14-22/h2-14,16H,15H2,1H3,(H,26,28)/b25-17+. The first kappa shape index (κ1) is 18.4. The lowest BCUT2D eigenvalue weighted by molar-refractivity contribution is -0.123. The first-order valence-corrected chi connectivity index (χ1v) is 9.22. The van der Waals surface area contributed by atoms with Gasteiger partial charge in [-0.2, -0.15) is 5.10 Å². The molecule has 0 fully saturated rings. The molecular formula is C23H20N4O2.